The first kappa shape index (κ1) is 14.1. The van der Waals surface area contributed by atoms with Crippen LogP contribution in [-0.4, -0.2) is 5.91 Å². The van der Waals surface area contributed by atoms with E-state index in [0.29, 0.717) is 10.6 Å². The first-order chi connectivity index (χ1) is 9.10. The van der Waals surface area contributed by atoms with Crippen LogP contribution in [0.1, 0.15) is 21.5 Å². The predicted octanol–water partition coefficient (Wildman–Crippen LogP) is 4.80. The predicted molar refractivity (Wildman–Crippen MR) is 83.2 cm³/mol. The van der Waals surface area contributed by atoms with E-state index in [1.54, 1.807) is 6.07 Å². The molecule has 0 radical (unpaired) electrons. The van der Waals surface area contributed by atoms with E-state index in [4.69, 9.17) is 11.6 Å². The van der Waals surface area contributed by atoms with E-state index in [1.165, 1.54) is 0 Å². The number of nitrogens with one attached hydrogen (secondary N) is 1. The molecule has 2 rings (SSSR count). The number of carbonyl (C=O) groups is 1. The maximum absolute atomic E-state index is 12.1. The summed E-state index contributed by atoms with van der Waals surface area (Å²) in [6.07, 6.45) is 0. The Morgan fingerprint density at radius 2 is 1.89 bits per heavy atom. The molecule has 2 aromatic carbocycles. The second-order valence-electron chi connectivity index (χ2n) is 4.24. The van der Waals surface area contributed by atoms with Crippen molar-refractivity contribution in [1.29, 1.82) is 0 Å². The van der Waals surface area contributed by atoms with Crippen molar-refractivity contribution in [2.45, 2.75) is 12.3 Å². The molecule has 0 aliphatic carbocycles. The first-order valence-corrected chi connectivity index (χ1v) is 7.32. The summed E-state index contributed by atoms with van der Waals surface area (Å²) >= 11 is 9.26. The van der Waals surface area contributed by atoms with Crippen LogP contribution in [0, 0.1) is 6.92 Å². The highest BCUT2D eigenvalue weighted by Gasteiger charge is 2.07. The number of carbonyl (C=O) groups excluding carboxylic acids is 1. The van der Waals surface area contributed by atoms with Crippen LogP contribution in [0.4, 0.5) is 5.69 Å². The summed E-state index contributed by atoms with van der Waals surface area (Å²) in [6.45, 7) is 1.91. The zero-order chi connectivity index (χ0) is 13.8. The second kappa shape index (κ2) is 6.22. The lowest BCUT2D eigenvalue weighted by Gasteiger charge is -2.09. The Bertz CT molecular complexity index is 596. The van der Waals surface area contributed by atoms with Gasteiger partial charge in [-0.05, 0) is 48.4 Å². The fraction of sp³-hybridized carbons (Fsp3) is 0.133. The molecule has 0 aliphatic heterocycles. The molecule has 98 valence electrons. The van der Waals surface area contributed by atoms with Gasteiger partial charge in [0.05, 0.1) is 0 Å². The van der Waals surface area contributed by atoms with E-state index in [2.05, 4.69) is 21.2 Å². The fourth-order valence-corrected chi connectivity index (χ4v) is 2.31. The largest absolute Gasteiger partial charge is 0.322 e. The molecule has 0 aliphatic rings. The lowest BCUT2D eigenvalue weighted by Crippen LogP contribution is -2.12. The van der Waals surface area contributed by atoms with Crippen LogP contribution < -0.4 is 5.32 Å². The molecule has 0 saturated carbocycles. The van der Waals surface area contributed by atoms with Gasteiger partial charge in [0, 0.05) is 21.6 Å². The van der Waals surface area contributed by atoms with Gasteiger partial charge in [0.1, 0.15) is 0 Å². The highest BCUT2D eigenvalue weighted by molar-refractivity contribution is 9.08. The molecule has 0 heterocycles. The van der Waals surface area contributed by atoms with Gasteiger partial charge in [0.15, 0.2) is 0 Å². The molecule has 0 aromatic heterocycles. The highest BCUT2D eigenvalue weighted by atomic mass is 79.9. The molecule has 4 heteroatoms. The first-order valence-electron chi connectivity index (χ1n) is 5.82. The van der Waals surface area contributed by atoms with Crippen LogP contribution in [0.2, 0.25) is 5.02 Å². The maximum Gasteiger partial charge on any atom is 0.255 e. The molecular formula is C15H13BrClNO. The molecule has 0 unspecified atom stereocenters. The van der Waals surface area contributed by atoms with E-state index in [9.17, 15) is 4.79 Å². The monoisotopic (exact) mass is 337 g/mol. The second-order valence-corrected chi connectivity index (χ2v) is 5.24. The van der Waals surface area contributed by atoms with Crippen molar-refractivity contribution < 1.29 is 4.79 Å². The van der Waals surface area contributed by atoms with Crippen LogP contribution in [0.15, 0.2) is 42.5 Å². The van der Waals surface area contributed by atoms with E-state index in [-0.39, 0.29) is 5.91 Å². The normalized spacial score (nSPS) is 10.3. The highest BCUT2D eigenvalue weighted by Crippen LogP contribution is 2.20. The van der Waals surface area contributed by atoms with E-state index < -0.39 is 0 Å². The maximum atomic E-state index is 12.1. The molecule has 0 spiro atoms. The van der Waals surface area contributed by atoms with Gasteiger partial charge in [-0.3, -0.25) is 4.79 Å². The van der Waals surface area contributed by atoms with Gasteiger partial charge in [0.2, 0.25) is 0 Å². The third-order valence-electron chi connectivity index (χ3n) is 2.81. The van der Waals surface area contributed by atoms with Crippen molar-refractivity contribution in [3.63, 3.8) is 0 Å². The number of anilines is 1. The Morgan fingerprint density at radius 1 is 1.21 bits per heavy atom. The van der Waals surface area contributed by atoms with Gasteiger partial charge in [-0.15, -0.1) is 0 Å². The van der Waals surface area contributed by atoms with E-state index in [0.717, 1.165) is 22.1 Å². The zero-order valence-electron chi connectivity index (χ0n) is 10.4. The topological polar surface area (TPSA) is 29.1 Å². The summed E-state index contributed by atoms with van der Waals surface area (Å²) in [5.74, 6) is -0.119. The summed E-state index contributed by atoms with van der Waals surface area (Å²) in [5, 5.41) is 4.33. The molecule has 0 saturated heterocycles. The van der Waals surface area contributed by atoms with Crippen molar-refractivity contribution >= 4 is 39.1 Å². The molecule has 0 bridgehead atoms. The average molecular weight is 339 g/mol. The van der Waals surface area contributed by atoms with E-state index in [1.807, 2.05) is 43.3 Å². The van der Waals surface area contributed by atoms with Crippen LogP contribution >= 0.6 is 27.5 Å². The number of rotatable bonds is 3. The van der Waals surface area contributed by atoms with Crippen molar-refractivity contribution in [3.8, 4) is 0 Å². The quantitative estimate of drug-likeness (QED) is 0.801. The molecule has 1 N–H and O–H groups in total. The summed E-state index contributed by atoms with van der Waals surface area (Å²) in [4.78, 5) is 12.1. The Hall–Kier alpha value is -1.32. The SMILES string of the molecule is Cc1cc(Cl)ccc1NC(=O)c1ccc(CBr)cc1. The number of aryl methyl sites for hydroxylation is 1. The molecular weight excluding hydrogens is 326 g/mol. The minimum Gasteiger partial charge on any atom is -0.322 e. The number of benzene rings is 2. The fourth-order valence-electron chi connectivity index (χ4n) is 1.71. The summed E-state index contributed by atoms with van der Waals surface area (Å²) in [5.41, 5.74) is 3.50. The molecule has 1 amide bonds. The van der Waals surface area contributed by atoms with Crippen LogP contribution in [0.25, 0.3) is 0 Å². The molecule has 0 fully saturated rings. The van der Waals surface area contributed by atoms with Gasteiger partial charge < -0.3 is 5.32 Å². The number of hydrogen-bond donors (Lipinski definition) is 1. The molecule has 2 nitrogen and oxygen atoms in total. The smallest absolute Gasteiger partial charge is 0.255 e. The summed E-state index contributed by atoms with van der Waals surface area (Å²) in [7, 11) is 0. The lowest BCUT2D eigenvalue weighted by molar-refractivity contribution is 0.102. The van der Waals surface area contributed by atoms with Crippen LogP contribution in [0.3, 0.4) is 0 Å². The standard InChI is InChI=1S/C15H13BrClNO/c1-10-8-13(17)6-7-14(10)18-15(19)12-4-2-11(9-16)3-5-12/h2-8H,9H2,1H3,(H,18,19). The Morgan fingerprint density at radius 3 is 2.47 bits per heavy atom. The summed E-state index contributed by atoms with van der Waals surface area (Å²) < 4.78 is 0. The van der Waals surface area contributed by atoms with Gasteiger partial charge in [-0.2, -0.15) is 0 Å². The minimum absolute atomic E-state index is 0.119. The van der Waals surface area contributed by atoms with Crippen LogP contribution in [0.5, 0.6) is 0 Å². The van der Waals surface area contributed by atoms with Crippen molar-refractivity contribution in [3.05, 3.63) is 64.2 Å². The summed E-state index contributed by atoms with van der Waals surface area (Å²) in [6, 6.07) is 12.9. The number of hydrogen-bond acceptors (Lipinski definition) is 1. The van der Waals surface area contributed by atoms with Crippen molar-refractivity contribution in [1.82, 2.24) is 0 Å². The van der Waals surface area contributed by atoms with Crippen molar-refractivity contribution in [2.75, 3.05) is 5.32 Å². The average Bonchev–Trinajstić information content (AvgIpc) is 2.42. The van der Waals surface area contributed by atoms with Crippen molar-refractivity contribution in [2.24, 2.45) is 0 Å². The molecule has 19 heavy (non-hydrogen) atoms. The number of amides is 1. The third-order valence-corrected chi connectivity index (χ3v) is 3.69. The molecule has 0 atom stereocenters. The van der Waals surface area contributed by atoms with Crippen LogP contribution in [-0.2, 0) is 5.33 Å². The van der Waals surface area contributed by atoms with Gasteiger partial charge in [-0.25, -0.2) is 0 Å². The third kappa shape index (κ3) is 3.58. The molecule has 2 aromatic rings. The zero-order valence-corrected chi connectivity index (χ0v) is 12.8. The van der Waals surface area contributed by atoms with Gasteiger partial charge in [0.25, 0.3) is 5.91 Å². The Labute approximate surface area is 125 Å². The Balaban J connectivity index is 2.15. The van der Waals surface area contributed by atoms with E-state index >= 15 is 0 Å². The number of halogens is 2. The Kier molecular flexibility index (Phi) is 4.61. The number of alkyl halides is 1. The van der Waals surface area contributed by atoms with Gasteiger partial charge in [-0.1, -0.05) is 39.7 Å². The van der Waals surface area contributed by atoms with Gasteiger partial charge >= 0.3 is 0 Å². The lowest BCUT2D eigenvalue weighted by atomic mass is 10.1. The minimum atomic E-state index is -0.119.